The molecule has 0 aliphatic heterocycles. The molecule has 1 heterocycles. The van der Waals surface area contributed by atoms with E-state index >= 15 is 0 Å². The zero-order valence-corrected chi connectivity index (χ0v) is 14.4. The van der Waals surface area contributed by atoms with Crippen molar-refractivity contribution in [2.45, 2.75) is 38.5 Å². The van der Waals surface area contributed by atoms with Crippen LogP contribution in [0.15, 0.2) is 10.5 Å². The van der Waals surface area contributed by atoms with Gasteiger partial charge in [0.05, 0.1) is 11.3 Å². The highest BCUT2D eigenvalue weighted by Crippen LogP contribution is 2.35. The lowest BCUT2D eigenvalue weighted by molar-refractivity contribution is 0.505. The quantitative estimate of drug-likeness (QED) is 0.853. The Hall–Kier alpha value is 0.0900. The molecule has 0 amide bonds. The van der Waals surface area contributed by atoms with Gasteiger partial charge in [-0.1, -0.05) is 6.92 Å². The molecule has 0 bridgehead atoms. The van der Waals surface area contributed by atoms with Gasteiger partial charge in [0.25, 0.3) is 0 Å². The van der Waals surface area contributed by atoms with Crippen LogP contribution in [-0.2, 0) is 9.84 Å². The number of hydrogen-bond donors (Lipinski definition) is 1. The number of nitrogens with one attached hydrogen (secondary N) is 1. The third-order valence-corrected chi connectivity index (χ3v) is 6.55. The van der Waals surface area contributed by atoms with E-state index in [9.17, 15) is 8.42 Å². The van der Waals surface area contributed by atoms with Gasteiger partial charge in [-0.2, -0.15) is 0 Å². The second kappa shape index (κ2) is 6.50. The maximum Gasteiger partial charge on any atom is 0.151 e. The molecule has 0 saturated carbocycles. The lowest BCUT2D eigenvalue weighted by atomic mass is 10.2. The molecule has 3 nitrogen and oxygen atoms in total. The van der Waals surface area contributed by atoms with Gasteiger partial charge in [-0.15, -0.1) is 11.3 Å². The smallest absolute Gasteiger partial charge is 0.151 e. The minimum atomic E-state index is -3.06. The number of halogens is 1. The van der Waals surface area contributed by atoms with Crippen molar-refractivity contribution in [2.24, 2.45) is 0 Å². The van der Waals surface area contributed by atoms with Crippen LogP contribution in [-0.4, -0.2) is 26.5 Å². The summed E-state index contributed by atoms with van der Waals surface area (Å²) in [5.41, 5.74) is 0. The van der Waals surface area contributed by atoms with E-state index in [0.29, 0.717) is 0 Å². The van der Waals surface area contributed by atoms with Crippen molar-refractivity contribution in [3.05, 3.63) is 20.3 Å². The Kier molecular flexibility index (Phi) is 5.83. The zero-order chi connectivity index (χ0) is 13.9. The molecule has 1 aromatic rings. The number of aryl methyl sites for hydroxylation is 1. The lowest BCUT2D eigenvalue weighted by Crippen LogP contribution is -2.35. The molecule has 1 aromatic heterocycles. The molecule has 18 heavy (non-hydrogen) atoms. The molecule has 2 unspecified atom stereocenters. The van der Waals surface area contributed by atoms with Crippen LogP contribution >= 0.6 is 27.3 Å². The van der Waals surface area contributed by atoms with Crippen LogP contribution < -0.4 is 5.32 Å². The number of thiophene rings is 1. The summed E-state index contributed by atoms with van der Waals surface area (Å²) in [6.07, 6.45) is 2.28. The lowest BCUT2D eigenvalue weighted by Gasteiger charge is -2.23. The van der Waals surface area contributed by atoms with Crippen molar-refractivity contribution in [3.63, 3.8) is 0 Å². The first-order valence-corrected chi connectivity index (χ1v) is 9.51. The van der Waals surface area contributed by atoms with Crippen molar-refractivity contribution in [1.82, 2.24) is 5.32 Å². The van der Waals surface area contributed by atoms with Crippen molar-refractivity contribution in [1.29, 1.82) is 0 Å². The number of hydrogen-bond acceptors (Lipinski definition) is 4. The Bertz CT molecular complexity index is 496. The summed E-state index contributed by atoms with van der Waals surface area (Å²) in [5, 5.41) is 2.92. The van der Waals surface area contributed by atoms with Crippen LogP contribution in [0.2, 0.25) is 0 Å². The predicted octanol–water partition coefficient (Wildman–Crippen LogP) is 3.29. The summed E-state index contributed by atoms with van der Waals surface area (Å²) < 4.78 is 24.5. The molecular weight excluding hydrogens is 334 g/mol. The molecule has 0 aliphatic rings. The summed E-state index contributed by atoms with van der Waals surface area (Å²) >= 11 is 5.16. The first-order chi connectivity index (χ1) is 8.27. The van der Waals surface area contributed by atoms with E-state index < -0.39 is 15.1 Å². The van der Waals surface area contributed by atoms with Crippen LogP contribution in [0.1, 0.15) is 36.1 Å². The SMILES string of the molecule is CCCNC(c1sc(C)cc1Br)C(C)S(C)(=O)=O. The highest BCUT2D eigenvalue weighted by atomic mass is 79.9. The Morgan fingerprint density at radius 2 is 2.11 bits per heavy atom. The second-order valence-electron chi connectivity index (χ2n) is 4.54. The van der Waals surface area contributed by atoms with Crippen LogP contribution in [0.4, 0.5) is 0 Å². The van der Waals surface area contributed by atoms with Gasteiger partial charge in [-0.05, 0) is 48.8 Å². The fourth-order valence-electron chi connectivity index (χ4n) is 1.73. The molecule has 2 atom stereocenters. The van der Waals surface area contributed by atoms with Gasteiger partial charge < -0.3 is 5.32 Å². The first kappa shape index (κ1) is 16.1. The van der Waals surface area contributed by atoms with Crippen molar-refractivity contribution in [2.75, 3.05) is 12.8 Å². The van der Waals surface area contributed by atoms with Crippen molar-refractivity contribution >= 4 is 37.1 Å². The Balaban J connectivity index is 3.09. The summed E-state index contributed by atoms with van der Waals surface area (Å²) in [5.74, 6) is 0. The molecule has 0 aromatic carbocycles. The van der Waals surface area contributed by atoms with Gasteiger partial charge in [0, 0.05) is 20.5 Å². The third-order valence-electron chi connectivity index (χ3n) is 2.88. The topological polar surface area (TPSA) is 46.2 Å². The summed E-state index contributed by atoms with van der Waals surface area (Å²) in [4.78, 5) is 2.25. The van der Waals surface area contributed by atoms with Gasteiger partial charge in [-0.25, -0.2) is 8.42 Å². The maximum atomic E-state index is 11.8. The van der Waals surface area contributed by atoms with Crippen molar-refractivity contribution in [3.8, 4) is 0 Å². The van der Waals surface area contributed by atoms with Crippen LogP contribution in [0.5, 0.6) is 0 Å². The second-order valence-corrected chi connectivity index (χ2v) is 9.08. The average molecular weight is 354 g/mol. The monoisotopic (exact) mass is 353 g/mol. The maximum absolute atomic E-state index is 11.8. The first-order valence-electron chi connectivity index (χ1n) is 5.95. The van der Waals surface area contributed by atoms with E-state index in [1.165, 1.54) is 11.1 Å². The minimum absolute atomic E-state index is 0.145. The molecule has 104 valence electrons. The Morgan fingerprint density at radius 1 is 1.50 bits per heavy atom. The average Bonchev–Trinajstić information content (AvgIpc) is 2.57. The zero-order valence-electron chi connectivity index (χ0n) is 11.2. The van der Waals surface area contributed by atoms with Crippen LogP contribution in [0, 0.1) is 6.92 Å². The standard InChI is InChI=1S/C12H20BrNO2S2/c1-5-6-14-11(9(3)18(4,15)16)12-10(13)7-8(2)17-12/h7,9,11,14H,5-6H2,1-4H3. The summed E-state index contributed by atoms with van der Waals surface area (Å²) in [7, 11) is -3.06. The molecule has 0 radical (unpaired) electrons. The van der Waals surface area contributed by atoms with E-state index in [-0.39, 0.29) is 6.04 Å². The molecule has 0 fully saturated rings. The van der Waals surface area contributed by atoms with E-state index in [1.54, 1.807) is 18.3 Å². The predicted molar refractivity (Wildman–Crippen MR) is 82.1 cm³/mol. The van der Waals surface area contributed by atoms with E-state index in [1.807, 2.05) is 13.0 Å². The van der Waals surface area contributed by atoms with E-state index in [2.05, 4.69) is 28.2 Å². The van der Waals surface area contributed by atoms with E-state index in [0.717, 1.165) is 22.3 Å². The fourth-order valence-corrected chi connectivity index (χ4v) is 4.62. The molecule has 1 N–H and O–H groups in total. The fraction of sp³-hybridized carbons (Fsp3) is 0.667. The third kappa shape index (κ3) is 4.05. The van der Waals surface area contributed by atoms with Crippen LogP contribution in [0.3, 0.4) is 0 Å². The highest BCUT2D eigenvalue weighted by molar-refractivity contribution is 9.10. The van der Waals surface area contributed by atoms with Gasteiger partial charge in [-0.3, -0.25) is 0 Å². The largest absolute Gasteiger partial charge is 0.308 e. The molecule has 0 spiro atoms. The number of sulfone groups is 1. The van der Waals surface area contributed by atoms with Crippen molar-refractivity contribution < 1.29 is 8.42 Å². The van der Waals surface area contributed by atoms with Gasteiger partial charge in [0.1, 0.15) is 0 Å². The van der Waals surface area contributed by atoms with E-state index in [4.69, 9.17) is 0 Å². The number of rotatable bonds is 6. The molecule has 1 rings (SSSR count). The van der Waals surface area contributed by atoms with Crippen LogP contribution in [0.25, 0.3) is 0 Å². The molecular formula is C12H20BrNO2S2. The van der Waals surface area contributed by atoms with Gasteiger partial charge in [0.2, 0.25) is 0 Å². The summed E-state index contributed by atoms with van der Waals surface area (Å²) in [6, 6.07) is 1.89. The van der Waals surface area contributed by atoms with Gasteiger partial charge >= 0.3 is 0 Å². The molecule has 6 heteroatoms. The summed E-state index contributed by atoms with van der Waals surface area (Å²) in [6.45, 7) is 6.68. The van der Waals surface area contributed by atoms with Gasteiger partial charge in [0.15, 0.2) is 9.84 Å². The molecule has 0 saturated heterocycles. The Morgan fingerprint density at radius 3 is 2.50 bits per heavy atom. The Labute approximate surface area is 122 Å². The highest BCUT2D eigenvalue weighted by Gasteiger charge is 2.29. The molecule has 0 aliphatic carbocycles. The normalized spacial score (nSPS) is 15.6. The minimum Gasteiger partial charge on any atom is -0.308 e.